The molecule has 0 atom stereocenters. The Bertz CT molecular complexity index is 3490. The van der Waals surface area contributed by atoms with Gasteiger partial charge in [-0.05, 0) is 97.6 Å². The molecule has 9 aromatic carbocycles. The predicted molar refractivity (Wildman–Crippen MR) is 242 cm³/mol. The van der Waals surface area contributed by atoms with Crippen molar-refractivity contribution in [3.63, 3.8) is 0 Å². The largest absolute Gasteiger partial charge is 0.456 e. The molecule has 2 nitrogen and oxygen atoms in total. The molecule has 0 radical (unpaired) electrons. The molecular formula is C55H37NO. The molecule has 0 amide bonds. The average Bonchev–Trinajstić information content (AvgIpc) is 3.80. The molecule has 57 heavy (non-hydrogen) atoms. The van der Waals surface area contributed by atoms with Gasteiger partial charge >= 0.3 is 0 Å². The number of aromatic nitrogens is 1. The van der Waals surface area contributed by atoms with Gasteiger partial charge in [-0.3, -0.25) is 0 Å². The van der Waals surface area contributed by atoms with Gasteiger partial charge in [0, 0.05) is 26.8 Å². The molecule has 0 aliphatic carbocycles. The van der Waals surface area contributed by atoms with Crippen LogP contribution in [0.5, 0.6) is 0 Å². The minimum absolute atomic E-state index is 0.873. The van der Waals surface area contributed by atoms with Crippen molar-refractivity contribution < 1.29 is 4.42 Å². The van der Waals surface area contributed by atoms with Crippen LogP contribution in [0.1, 0.15) is 12.5 Å². The van der Waals surface area contributed by atoms with Crippen LogP contribution in [-0.4, -0.2) is 4.57 Å². The van der Waals surface area contributed by atoms with Crippen molar-refractivity contribution in [3.8, 4) is 27.9 Å². The van der Waals surface area contributed by atoms with Crippen LogP contribution in [0, 0.1) is 0 Å². The Morgan fingerprint density at radius 3 is 1.81 bits per heavy atom. The summed E-state index contributed by atoms with van der Waals surface area (Å²) >= 11 is 0. The second kappa shape index (κ2) is 13.1. The van der Waals surface area contributed by atoms with E-state index in [0.717, 1.165) is 43.9 Å². The molecule has 11 rings (SSSR count). The van der Waals surface area contributed by atoms with E-state index in [-0.39, 0.29) is 0 Å². The number of allylic oxidation sites excluding steroid dienone is 1. The van der Waals surface area contributed by atoms with Gasteiger partial charge < -0.3 is 8.98 Å². The molecule has 0 spiro atoms. The van der Waals surface area contributed by atoms with Gasteiger partial charge in [-0.25, -0.2) is 0 Å². The number of benzene rings is 9. The highest BCUT2D eigenvalue weighted by Crippen LogP contribution is 2.46. The van der Waals surface area contributed by atoms with E-state index in [1.165, 1.54) is 70.9 Å². The van der Waals surface area contributed by atoms with Crippen molar-refractivity contribution in [2.75, 3.05) is 0 Å². The zero-order chi connectivity index (χ0) is 38.0. The predicted octanol–water partition coefficient (Wildman–Crippen LogP) is 13.5. The molecule has 0 fully saturated rings. The summed E-state index contributed by atoms with van der Waals surface area (Å²) in [6.45, 7) is 6.16. The summed E-state index contributed by atoms with van der Waals surface area (Å²) in [4.78, 5) is 0. The van der Waals surface area contributed by atoms with Crippen LogP contribution < -0.4 is 10.6 Å². The molecule has 2 heteroatoms. The molecule has 0 bridgehead atoms. The summed E-state index contributed by atoms with van der Waals surface area (Å²) in [5.74, 6) is 0. The Labute approximate surface area is 330 Å². The first-order valence-electron chi connectivity index (χ1n) is 19.6. The zero-order valence-electron chi connectivity index (χ0n) is 31.5. The lowest BCUT2D eigenvalue weighted by atomic mass is 9.84. The van der Waals surface area contributed by atoms with E-state index in [9.17, 15) is 0 Å². The van der Waals surface area contributed by atoms with Crippen LogP contribution in [-0.2, 0) is 0 Å². The van der Waals surface area contributed by atoms with Gasteiger partial charge in [0.1, 0.15) is 11.0 Å². The first-order valence-corrected chi connectivity index (χ1v) is 19.6. The van der Waals surface area contributed by atoms with Crippen LogP contribution in [0.25, 0.3) is 105 Å². The summed E-state index contributed by atoms with van der Waals surface area (Å²) in [6.07, 6.45) is 3.89. The zero-order valence-corrected chi connectivity index (χ0v) is 31.5. The van der Waals surface area contributed by atoms with E-state index in [4.69, 9.17) is 4.42 Å². The second-order valence-corrected chi connectivity index (χ2v) is 14.8. The number of hydrogen-bond donors (Lipinski definition) is 0. The van der Waals surface area contributed by atoms with Crippen LogP contribution in [0.15, 0.2) is 199 Å². The van der Waals surface area contributed by atoms with Crippen LogP contribution >= 0.6 is 0 Å². The summed E-state index contributed by atoms with van der Waals surface area (Å²) in [5.41, 5.74) is 12.5. The van der Waals surface area contributed by atoms with E-state index in [1.54, 1.807) is 0 Å². The van der Waals surface area contributed by atoms with Gasteiger partial charge in [-0.15, -0.1) is 0 Å². The minimum Gasteiger partial charge on any atom is -0.456 e. The van der Waals surface area contributed by atoms with E-state index in [0.29, 0.717) is 0 Å². The summed E-state index contributed by atoms with van der Waals surface area (Å²) in [6, 6.07) is 66.0. The summed E-state index contributed by atoms with van der Waals surface area (Å²) < 4.78 is 8.95. The maximum absolute atomic E-state index is 6.50. The van der Waals surface area contributed by atoms with E-state index < -0.39 is 0 Å². The molecule has 0 saturated heterocycles. The van der Waals surface area contributed by atoms with E-state index >= 15 is 0 Å². The lowest BCUT2D eigenvalue weighted by Crippen LogP contribution is -2.22. The molecule has 268 valence electrons. The standard InChI is InChI=1S/C55H37NO/c1-3-17-47-41-21-12-14-31-52(41)57-55(47)35(2)37-32-33-51-48(34-37)40-20-11-13-29-49(40)56(51)50-30-16-26-38-39(50)27-15-28-42(38)54-45-24-9-7-22-43(45)53(36-18-5-4-6-19-36)44-23-8-10-25-46(44)54/h3-34H,1H2,2H3. The van der Waals surface area contributed by atoms with Gasteiger partial charge in [-0.1, -0.05) is 170 Å². The number of para-hydroxylation sites is 2. The SMILES string of the molecule is C=CC=c1c(=C(C)c2ccc3c(c2)c2ccccc2n3-c2cccc3c(-c4c5ccccc5c(-c5ccccc5)c5ccccc45)cccc23)oc2ccccc12. The average molecular weight is 728 g/mol. The third kappa shape index (κ3) is 5.04. The topological polar surface area (TPSA) is 18.1 Å². The molecule has 0 unspecified atom stereocenters. The molecule has 0 aliphatic rings. The number of fused-ring (bicyclic) bond motifs is 7. The minimum atomic E-state index is 0.873. The Balaban J connectivity index is 1.16. The molecule has 0 aliphatic heterocycles. The normalized spacial score (nSPS) is 12.8. The fraction of sp³-hybridized carbons (Fsp3) is 0.0182. The fourth-order valence-corrected chi connectivity index (χ4v) is 9.26. The lowest BCUT2D eigenvalue weighted by molar-refractivity contribution is 0.572. The fourth-order valence-electron chi connectivity index (χ4n) is 9.26. The third-order valence-corrected chi connectivity index (χ3v) is 11.8. The lowest BCUT2D eigenvalue weighted by Gasteiger charge is -2.19. The Morgan fingerprint density at radius 1 is 0.491 bits per heavy atom. The maximum atomic E-state index is 6.50. The van der Waals surface area contributed by atoms with E-state index in [1.807, 2.05) is 24.3 Å². The number of furan rings is 1. The van der Waals surface area contributed by atoms with Crippen LogP contribution in [0.3, 0.4) is 0 Å². The highest BCUT2D eigenvalue weighted by molar-refractivity contribution is 6.24. The number of nitrogens with zero attached hydrogens (tertiary/aromatic N) is 1. The Kier molecular flexibility index (Phi) is 7.58. The quantitative estimate of drug-likeness (QED) is 0.161. The van der Waals surface area contributed by atoms with Crippen molar-refractivity contribution in [2.24, 2.45) is 0 Å². The number of rotatable bonds is 5. The monoisotopic (exact) mass is 727 g/mol. The molecule has 11 aromatic rings. The van der Waals surface area contributed by atoms with Crippen molar-refractivity contribution in [1.82, 2.24) is 4.57 Å². The molecule has 2 aromatic heterocycles. The Hall–Kier alpha value is -7.42. The van der Waals surface area contributed by atoms with Gasteiger partial charge in [0.25, 0.3) is 0 Å². The third-order valence-electron chi connectivity index (χ3n) is 11.8. The van der Waals surface area contributed by atoms with Crippen LogP contribution in [0.4, 0.5) is 0 Å². The van der Waals surface area contributed by atoms with Crippen molar-refractivity contribution in [1.29, 1.82) is 0 Å². The van der Waals surface area contributed by atoms with Gasteiger partial charge in [0.15, 0.2) is 0 Å². The van der Waals surface area contributed by atoms with Gasteiger partial charge in [0.05, 0.1) is 16.7 Å². The van der Waals surface area contributed by atoms with E-state index in [2.05, 4.69) is 188 Å². The molecule has 2 heterocycles. The van der Waals surface area contributed by atoms with Gasteiger partial charge in [0.2, 0.25) is 0 Å². The maximum Gasteiger partial charge on any atom is 0.138 e. The van der Waals surface area contributed by atoms with Crippen molar-refractivity contribution in [3.05, 3.63) is 211 Å². The first-order chi connectivity index (χ1) is 28.2. The first kappa shape index (κ1) is 33.0. The van der Waals surface area contributed by atoms with Crippen LogP contribution in [0.2, 0.25) is 0 Å². The second-order valence-electron chi connectivity index (χ2n) is 14.8. The smallest absolute Gasteiger partial charge is 0.138 e. The van der Waals surface area contributed by atoms with Gasteiger partial charge in [-0.2, -0.15) is 0 Å². The summed E-state index contributed by atoms with van der Waals surface area (Å²) in [7, 11) is 0. The highest BCUT2D eigenvalue weighted by Gasteiger charge is 2.20. The molecule has 0 N–H and O–H groups in total. The van der Waals surface area contributed by atoms with Crippen molar-refractivity contribution in [2.45, 2.75) is 6.92 Å². The summed E-state index contributed by atoms with van der Waals surface area (Å²) in [5, 5.41) is 12.0. The Morgan fingerprint density at radius 2 is 1.07 bits per heavy atom. The molecular weight excluding hydrogens is 691 g/mol. The molecule has 0 saturated carbocycles. The van der Waals surface area contributed by atoms with Crippen molar-refractivity contribution >= 4 is 76.7 Å². The number of hydrogen-bond acceptors (Lipinski definition) is 1. The highest BCUT2D eigenvalue weighted by atomic mass is 16.3.